The molecule has 0 bridgehead atoms. The Bertz CT molecular complexity index is 715. The first-order valence-electron chi connectivity index (χ1n) is 7.74. The van der Waals surface area contributed by atoms with Crippen molar-refractivity contribution < 1.29 is 9.69 Å². The van der Waals surface area contributed by atoms with Gasteiger partial charge >= 0.3 is 0 Å². The first-order chi connectivity index (χ1) is 11.5. The van der Waals surface area contributed by atoms with Crippen LogP contribution < -0.4 is 10.2 Å². The second kappa shape index (κ2) is 8.88. The van der Waals surface area contributed by atoms with Crippen molar-refractivity contribution in [1.29, 1.82) is 0 Å². The zero-order chi connectivity index (χ0) is 17.5. The van der Waals surface area contributed by atoms with Crippen LogP contribution in [0.5, 0.6) is 0 Å². The van der Waals surface area contributed by atoms with Crippen molar-refractivity contribution in [3.63, 3.8) is 0 Å². The van der Waals surface area contributed by atoms with E-state index < -0.39 is 0 Å². The first-order valence-corrected chi connectivity index (χ1v) is 8.49. The SMILES string of the molecule is C[NH+](C)C[C@@H](NC(=O)/C=C/c1cccc(Cl)c1Cl)c1ccccc1. The van der Waals surface area contributed by atoms with Crippen LogP contribution in [0.2, 0.25) is 10.0 Å². The number of carbonyl (C=O) groups is 1. The highest BCUT2D eigenvalue weighted by atomic mass is 35.5. The molecule has 2 rings (SSSR count). The minimum Gasteiger partial charge on any atom is -0.340 e. The third kappa shape index (κ3) is 5.38. The third-order valence-corrected chi connectivity index (χ3v) is 4.36. The molecule has 0 aromatic heterocycles. The molecule has 2 N–H and O–H groups in total. The van der Waals surface area contributed by atoms with Crippen molar-refractivity contribution in [1.82, 2.24) is 5.32 Å². The molecule has 2 aromatic rings. The molecule has 0 fully saturated rings. The van der Waals surface area contributed by atoms with E-state index in [1.54, 1.807) is 18.2 Å². The predicted molar refractivity (Wildman–Crippen MR) is 100 cm³/mol. The van der Waals surface area contributed by atoms with Crippen LogP contribution in [0.25, 0.3) is 6.08 Å². The van der Waals surface area contributed by atoms with E-state index in [0.717, 1.165) is 12.1 Å². The van der Waals surface area contributed by atoms with Gasteiger partial charge in [0.15, 0.2) is 0 Å². The molecular weight excluding hydrogens is 343 g/mol. The van der Waals surface area contributed by atoms with E-state index in [1.165, 1.54) is 11.0 Å². The Hall–Kier alpha value is -1.81. The molecule has 0 heterocycles. The summed E-state index contributed by atoms with van der Waals surface area (Å²) in [6, 6.07) is 15.2. The second-order valence-corrected chi connectivity index (χ2v) is 6.64. The summed E-state index contributed by atoms with van der Waals surface area (Å²) in [4.78, 5) is 13.6. The Morgan fingerprint density at radius 2 is 1.83 bits per heavy atom. The molecule has 1 atom stereocenters. The van der Waals surface area contributed by atoms with Crippen LogP contribution in [-0.2, 0) is 4.79 Å². The summed E-state index contributed by atoms with van der Waals surface area (Å²) in [7, 11) is 4.12. The fraction of sp³-hybridized carbons (Fsp3) is 0.211. The number of nitrogens with one attached hydrogen (secondary N) is 2. The van der Waals surface area contributed by atoms with Gasteiger partial charge in [0.25, 0.3) is 0 Å². The van der Waals surface area contributed by atoms with Crippen molar-refractivity contribution in [2.24, 2.45) is 0 Å². The smallest absolute Gasteiger partial charge is 0.244 e. The van der Waals surface area contributed by atoms with Crippen LogP contribution >= 0.6 is 23.2 Å². The van der Waals surface area contributed by atoms with Gasteiger partial charge < -0.3 is 10.2 Å². The van der Waals surface area contributed by atoms with Crippen LogP contribution in [0, 0.1) is 0 Å². The minimum atomic E-state index is -0.166. The molecule has 0 unspecified atom stereocenters. The van der Waals surface area contributed by atoms with Gasteiger partial charge in [-0.2, -0.15) is 0 Å². The first kappa shape index (κ1) is 18.5. The van der Waals surface area contributed by atoms with Crippen molar-refractivity contribution >= 4 is 35.2 Å². The van der Waals surface area contributed by atoms with E-state index in [9.17, 15) is 4.79 Å². The maximum Gasteiger partial charge on any atom is 0.244 e. The largest absolute Gasteiger partial charge is 0.340 e. The average Bonchev–Trinajstić information content (AvgIpc) is 2.56. The maximum absolute atomic E-state index is 12.3. The van der Waals surface area contributed by atoms with Crippen molar-refractivity contribution in [3.8, 4) is 0 Å². The molecule has 0 saturated carbocycles. The third-order valence-electron chi connectivity index (χ3n) is 3.53. The number of rotatable bonds is 6. The molecule has 126 valence electrons. The van der Waals surface area contributed by atoms with E-state index in [0.29, 0.717) is 15.6 Å². The quantitative estimate of drug-likeness (QED) is 0.760. The molecule has 1 amide bonds. The van der Waals surface area contributed by atoms with Crippen LogP contribution in [0.4, 0.5) is 0 Å². The maximum atomic E-state index is 12.3. The van der Waals surface area contributed by atoms with Gasteiger partial charge in [0, 0.05) is 6.08 Å². The lowest BCUT2D eigenvalue weighted by Gasteiger charge is -2.20. The Morgan fingerprint density at radius 3 is 2.50 bits per heavy atom. The number of hydrogen-bond donors (Lipinski definition) is 2. The number of likely N-dealkylation sites (N-methyl/N-ethyl adjacent to an activating group) is 1. The molecular formula is C19H21Cl2N2O+. The van der Waals surface area contributed by atoms with Gasteiger partial charge in [0.1, 0.15) is 12.6 Å². The van der Waals surface area contributed by atoms with Gasteiger partial charge in [-0.15, -0.1) is 0 Å². The topological polar surface area (TPSA) is 33.5 Å². The molecule has 2 aromatic carbocycles. The number of hydrogen-bond acceptors (Lipinski definition) is 1. The molecule has 0 spiro atoms. The van der Waals surface area contributed by atoms with E-state index in [-0.39, 0.29) is 11.9 Å². The highest BCUT2D eigenvalue weighted by Gasteiger charge is 2.16. The lowest BCUT2D eigenvalue weighted by Crippen LogP contribution is -3.06. The van der Waals surface area contributed by atoms with Gasteiger partial charge in [0.05, 0.1) is 24.1 Å². The fourth-order valence-corrected chi connectivity index (χ4v) is 2.75. The summed E-state index contributed by atoms with van der Waals surface area (Å²) < 4.78 is 0. The molecule has 0 aliphatic heterocycles. The molecule has 0 radical (unpaired) electrons. The minimum absolute atomic E-state index is 0.0526. The van der Waals surface area contributed by atoms with Crippen molar-refractivity contribution in [2.75, 3.05) is 20.6 Å². The molecule has 0 aliphatic carbocycles. The summed E-state index contributed by atoms with van der Waals surface area (Å²) in [6.07, 6.45) is 3.16. The van der Waals surface area contributed by atoms with Crippen LogP contribution in [0.1, 0.15) is 17.2 Å². The Kier molecular flexibility index (Phi) is 6.85. The van der Waals surface area contributed by atoms with E-state index in [2.05, 4.69) is 19.4 Å². The normalized spacial score (nSPS) is 12.5. The Labute approximate surface area is 152 Å². The van der Waals surface area contributed by atoms with Crippen molar-refractivity contribution in [2.45, 2.75) is 6.04 Å². The van der Waals surface area contributed by atoms with Gasteiger partial charge in [-0.25, -0.2) is 0 Å². The van der Waals surface area contributed by atoms with Crippen LogP contribution in [0.3, 0.4) is 0 Å². The summed E-state index contributed by atoms with van der Waals surface area (Å²) >= 11 is 12.1. The fourth-order valence-electron chi connectivity index (χ4n) is 2.38. The highest BCUT2D eigenvalue weighted by Crippen LogP contribution is 2.26. The zero-order valence-corrected chi connectivity index (χ0v) is 15.2. The Balaban J connectivity index is 2.10. The van der Waals surface area contributed by atoms with Gasteiger partial charge in [-0.3, -0.25) is 4.79 Å². The number of carbonyl (C=O) groups excluding carboxylic acids is 1. The molecule has 5 heteroatoms. The van der Waals surface area contributed by atoms with E-state index in [1.807, 2.05) is 36.4 Å². The highest BCUT2D eigenvalue weighted by molar-refractivity contribution is 6.42. The lowest BCUT2D eigenvalue weighted by atomic mass is 10.1. The van der Waals surface area contributed by atoms with E-state index >= 15 is 0 Å². The summed E-state index contributed by atoms with van der Waals surface area (Å²) in [6.45, 7) is 0.793. The van der Waals surface area contributed by atoms with Gasteiger partial charge in [-0.05, 0) is 23.3 Å². The lowest BCUT2D eigenvalue weighted by molar-refractivity contribution is -0.860. The van der Waals surface area contributed by atoms with Crippen molar-refractivity contribution in [3.05, 3.63) is 75.8 Å². The molecule has 3 nitrogen and oxygen atoms in total. The second-order valence-electron chi connectivity index (χ2n) is 5.86. The molecule has 24 heavy (non-hydrogen) atoms. The summed E-state index contributed by atoms with van der Waals surface area (Å²) in [5, 5.41) is 3.96. The molecule has 0 aliphatic rings. The monoisotopic (exact) mass is 363 g/mol. The number of amides is 1. The van der Waals surface area contributed by atoms with E-state index in [4.69, 9.17) is 23.2 Å². The standard InChI is InChI=1S/C19H20Cl2N2O/c1-23(2)13-17(14-7-4-3-5-8-14)22-18(24)12-11-15-9-6-10-16(20)19(15)21/h3-12,17H,13H2,1-2H3,(H,22,24)/p+1/b12-11+/t17-/m1/s1. The van der Waals surface area contributed by atoms with Gasteiger partial charge in [-0.1, -0.05) is 65.7 Å². The average molecular weight is 364 g/mol. The Morgan fingerprint density at radius 1 is 1.12 bits per heavy atom. The number of halogens is 2. The molecule has 0 saturated heterocycles. The summed E-state index contributed by atoms with van der Waals surface area (Å²) in [5.74, 6) is -0.166. The predicted octanol–water partition coefficient (Wildman–Crippen LogP) is 3.01. The number of quaternary nitrogens is 1. The van der Waals surface area contributed by atoms with Crippen LogP contribution in [-0.4, -0.2) is 26.5 Å². The van der Waals surface area contributed by atoms with Gasteiger partial charge in [0.2, 0.25) is 5.91 Å². The van der Waals surface area contributed by atoms with Crippen LogP contribution in [0.15, 0.2) is 54.6 Å². The zero-order valence-electron chi connectivity index (χ0n) is 13.7. The summed E-state index contributed by atoms with van der Waals surface area (Å²) in [5.41, 5.74) is 1.80. The number of benzene rings is 2.